The average Bonchev–Trinajstić information content (AvgIpc) is 2.32. The van der Waals surface area contributed by atoms with Gasteiger partial charge in [-0.2, -0.15) is 11.8 Å². The Balaban J connectivity index is 2.14. The van der Waals surface area contributed by atoms with Gasteiger partial charge in [-0.05, 0) is 36.8 Å². The first-order valence-corrected chi connectivity index (χ1v) is 8.43. The van der Waals surface area contributed by atoms with Gasteiger partial charge in [0.25, 0.3) is 0 Å². The van der Waals surface area contributed by atoms with E-state index in [1.165, 1.54) is 24.3 Å². The van der Waals surface area contributed by atoms with Crippen LogP contribution < -0.4 is 16.2 Å². The molecule has 0 aliphatic carbocycles. The Hall–Kier alpha value is -0.920. The summed E-state index contributed by atoms with van der Waals surface area (Å²) in [7, 11) is -3.69. The molecule has 0 bridgehead atoms. The molecule has 1 unspecified atom stereocenters. The van der Waals surface area contributed by atoms with E-state index in [1.807, 2.05) is 11.8 Å². The highest BCUT2D eigenvalue weighted by atomic mass is 32.2. The van der Waals surface area contributed by atoms with E-state index in [2.05, 4.69) is 5.32 Å². The zero-order valence-electron chi connectivity index (χ0n) is 9.93. The smallest absolute Gasteiger partial charge is 0.238 e. The molecule has 1 fully saturated rings. The van der Waals surface area contributed by atoms with Crippen LogP contribution in [0.3, 0.4) is 0 Å². The number of sulfonamides is 1. The second kappa shape index (κ2) is 5.38. The van der Waals surface area contributed by atoms with Crippen LogP contribution in [0.15, 0.2) is 23.1 Å². The number of nitrogen functional groups attached to an aromatic ring is 1. The van der Waals surface area contributed by atoms with E-state index in [-0.39, 0.29) is 4.90 Å². The number of rotatable bonds is 3. The van der Waals surface area contributed by atoms with Gasteiger partial charge in [-0.25, -0.2) is 13.6 Å². The number of nitrogens with two attached hydrogens (primary N) is 2. The SMILES string of the molecule is Nc1cc(S(N)(=O)=O)ccc1NC1CCCSC1. The predicted molar refractivity (Wildman–Crippen MR) is 76.2 cm³/mol. The number of anilines is 2. The van der Waals surface area contributed by atoms with Crippen molar-refractivity contribution in [3.8, 4) is 0 Å². The Kier molecular flexibility index (Phi) is 4.04. The van der Waals surface area contributed by atoms with Crippen molar-refractivity contribution in [2.24, 2.45) is 5.14 Å². The lowest BCUT2D eigenvalue weighted by atomic mass is 10.1. The summed E-state index contributed by atoms with van der Waals surface area (Å²) in [5.74, 6) is 2.26. The summed E-state index contributed by atoms with van der Waals surface area (Å²) < 4.78 is 22.4. The molecule has 0 aromatic heterocycles. The Labute approximate surface area is 111 Å². The first kappa shape index (κ1) is 13.5. The molecule has 7 heteroatoms. The highest BCUT2D eigenvalue weighted by Gasteiger charge is 2.15. The number of nitrogens with one attached hydrogen (secondary N) is 1. The van der Waals surface area contributed by atoms with Crippen LogP contribution in [0.1, 0.15) is 12.8 Å². The molecule has 100 valence electrons. The van der Waals surface area contributed by atoms with E-state index < -0.39 is 10.0 Å². The van der Waals surface area contributed by atoms with E-state index in [0.717, 1.165) is 17.9 Å². The van der Waals surface area contributed by atoms with E-state index in [4.69, 9.17) is 10.9 Å². The zero-order valence-corrected chi connectivity index (χ0v) is 11.6. The van der Waals surface area contributed by atoms with Crippen LogP contribution in [0.25, 0.3) is 0 Å². The fourth-order valence-electron chi connectivity index (χ4n) is 1.92. The maximum Gasteiger partial charge on any atom is 0.238 e. The summed E-state index contributed by atoms with van der Waals surface area (Å²) in [6.07, 6.45) is 2.31. The molecule has 1 heterocycles. The summed E-state index contributed by atoms with van der Waals surface area (Å²) in [6.45, 7) is 0. The van der Waals surface area contributed by atoms with Gasteiger partial charge in [0, 0.05) is 11.8 Å². The molecule has 0 saturated carbocycles. The van der Waals surface area contributed by atoms with Gasteiger partial charge in [0.2, 0.25) is 10.0 Å². The average molecular weight is 287 g/mol. The Bertz CT molecular complexity index is 525. The third kappa shape index (κ3) is 3.30. The largest absolute Gasteiger partial charge is 0.397 e. The normalized spacial score (nSPS) is 20.6. The van der Waals surface area contributed by atoms with Crippen LogP contribution in [-0.2, 0) is 10.0 Å². The molecule has 18 heavy (non-hydrogen) atoms. The summed E-state index contributed by atoms with van der Waals surface area (Å²) >= 11 is 1.92. The molecule has 2 rings (SSSR count). The lowest BCUT2D eigenvalue weighted by molar-refractivity contribution is 0.598. The maximum absolute atomic E-state index is 11.2. The van der Waals surface area contributed by atoms with Crippen LogP contribution in [0.5, 0.6) is 0 Å². The van der Waals surface area contributed by atoms with Gasteiger partial charge in [0.15, 0.2) is 0 Å². The van der Waals surface area contributed by atoms with Gasteiger partial charge in [0.1, 0.15) is 0 Å². The number of hydrogen-bond acceptors (Lipinski definition) is 5. The van der Waals surface area contributed by atoms with Gasteiger partial charge in [-0.3, -0.25) is 0 Å². The molecule has 0 radical (unpaired) electrons. The first-order chi connectivity index (χ1) is 8.47. The highest BCUT2D eigenvalue weighted by molar-refractivity contribution is 7.99. The minimum absolute atomic E-state index is 0.0450. The minimum atomic E-state index is -3.69. The zero-order chi connectivity index (χ0) is 13.2. The van der Waals surface area contributed by atoms with Crippen LogP contribution >= 0.6 is 11.8 Å². The predicted octanol–water partition coefficient (Wildman–Crippen LogP) is 1.22. The van der Waals surface area contributed by atoms with E-state index >= 15 is 0 Å². The molecule has 1 aromatic rings. The number of thioether (sulfide) groups is 1. The molecular formula is C11H17N3O2S2. The summed E-state index contributed by atoms with van der Waals surface area (Å²) in [5.41, 5.74) is 7.03. The summed E-state index contributed by atoms with van der Waals surface area (Å²) in [4.78, 5) is 0.0450. The van der Waals surface area contributed by atoms with Crippen molar-refractivity contribution < 1.29 is 8.42 Å². The molecule has 0 spiro atoms. The van der Waals surface area contributed by atoms with Gasteiger partial charge in [-0.15, -0.1) is 0 Å². The van der Waals surface area contributed by atoms with Crippen LogP contribution in [0.4, 0.5) is 11.4 Å². The van der Waals surface area contributed by atoms with Crippen molar-refractivity contribution in [1.82, 2.24) is 0 Å². The van der Waals surface area contributed by atoms with Gasteiger partial charge < -0.3 is 11.1 Å². The van der Waals surface area contributed by atoms with Crippen molar-refractivity contribution in [2.45, 2.75) is 23.8 Å². The Morgan fingerprint density at radius 3 is 2.72 bits per heavy atom. The Morgan fingerprint density at radius 2 is 2.17 bits per heavy atom. The van der Waals surface area contributed by atoms with Crippen LogP contribution in [0, 0.1) is 0 Å². The van der Waals surface area contributed by atoms with Gasteiger partial charge >= 0.3 is 0 Å². The van der Waals surface area contributed by atoms with Crippen molar-refractivity contribution in [3.63, 3.8) is 0 Å². The summed E-state index contributed by atoms with van der Waals surface area (Å²) in [6, 6.07) is 4.94. The van der Waals surface area contributed by atoms with Crippen molar-refractivity contribution in [2.75, 3.05) is 22.6 Å². The molecule has 5 N–H and O–H groups in total. The molecule has 1 saturated heterocycles. The molecule has 1 aliphatic heterocycles. The quantitative estimate of drug-likeness (QED) is 0.726. The number of primary sulfonamides is 1. The third-order valence-electron chi connectivity index (χ3n) is 2.87. The third-order valence-corrected chi connectivity index (χ3v) is 5.00. The van der Waals surface area contributed by atoms with Crippen molar-refractivity contribution >= 4 is 33.2 Å². The van der Waals surface area contributed by atoms with Crippen LogP contribution in [-0.4, -0.2) is 26.0 Å². The lowest BCUT2D eigenvalue weighted by Gasteiger charge is -2.24. The molecular weight excluding hydrogens is 270 g/mol. The standard InChI is InChI=1S/C11H17N3O2S2/c12-10-6-9(18(13,15)16)3-4-11(10)14-8-2-1-5-17-7-8/h3-4,6,8,14H,1-2,5,7,12H2,(H2,13,15,16). The van der Waals surface area contributed by atoms with Gasteiger partial charge in [-0.1, -0.05) is 0 Å². The fraction of sp³-hybridized carbons (Fsp3) is 0.455. The topological polar surface area (TPSA) is 98.2 Å². The minimum Gasteiger partial charge on any atom is -0.397 e. The second-order valence-electron chi connectivity index (χ2n) is 4.35. The molecule has 1 atom stereocenters. The number of benzene rings is 1. The lowest BCUT2D eigenvalue weighted by Crippen LogP contribution is -2.26. The van der Waals surface area contributed by atoms with Crippen LogP contribution in [0.2, 0.25) is 0 Å². The molecule has 1 aliphatic rings. The molecule has 0 amide bonds. The Morgan fingerprint density at radius 1 is 1.39 bits per heavy atom. The van der Waals surface area contributed by atoms with E-state index in [1.54, 1.807) is 6.07 Å². The van der Waals surface area contributed by atoms with E-state index in [0.29, 0.717) is 11.7 Å². The first-order valence-electron chi connectivity index (χ1n) is 5.73. The summed E-state index contributed by atoms with van der Waals surface area (Å²) in [5, 5.41) is 8.40. The van der Waals surface area contributed by atoms with Crippen molar-refractivity contribution in [3.05, 3.63) is 18.2 Å². The molecule has 5 nitrogen and oxygen atoms in total. The van der Waals surface area contributed by atoms with E-state index in [9.17, 15) is 8.42 Å². The monoisotopic (exact) mass is 287 g/mol. The van der Waals surface area contributed by atoms with Gasteiger partial charge in [0.05, 0.1) is 16.3 Å². The maximum atomic E-state index is 11.2. The fourth-order valence-corrected chi connectivity index (χ4v) is 3.54. The number of hydrogen-bond donors (Lipinski definition) is 3. The molecule has 1 aromatic carbocycles. The second-order valence-corrected chi connectivity index (χ2v) is 7.06. The highest BCUT2D eigenvalue weighted by Crippen LogP contribution is 2.26. The van der Waals surface area contributed by atoms with Crippen molar-refractivity contribution in [1.29, 1.82) is 0 Å².